The van der Waals surface area contributed by atoms with Crippen LogP contribution in [0, 0.1) is 0 Å². The zero-order valence-corrected chi connectivity index (χ0v) is 14.3. The van der Waals surface area contributed by atoms with Crippen LogP contribution in [-0.4, -0.2) is 25.0 Å². The lowest BCUT2D eigenvalue weighted by Gasteiger charge is -2.12. The summed E-state index contributed by atoms with van der Waals surface area (Å²) in [5.74, 6) is 0.429. The molecule has 3 rings (SSSR count). The molecule has 2 N–H and O–H groups in total. The first-order valence-corrected chi connectivity index (χ1v) is 8.88. The fourth-order valence-corrected chi connectivity index (χ4v) is 3.53. The van der Waals surface area contributed by atoms with Gasteiger partial charge in [0.2, 0.25) is 0 Å². The second-order valence-electron chi connectivity index (χ2n) is 5.84. The van der Waals surface area contributed by atoms with Crippen molar-refractivity contribution in [1.29, 1.82) is 0 Å². The van der Waals surface area contributed by atoms with E-state index in [-0.39, 0.29) is 11.8 Å². The molecule has 1 aliphatic rings. The van der Waals surface area contributed by atoms with Crippen molar-refractivity contribution in [1.82, 2.24) is 5.32 Å². The number of thiophene rings is 1. The van der Waals surface area contributed by atoms with E-state index in [4.69, 9.17) is 4.74 Å². The second kappa shape index (κ2) is 7.49. The van der Waals surface area contributed by atoms with Gasteiger partial charge in [0.1, 0.15) is 5.75 Å². The topological polar surface area (TPSA) is 67.4 Å². The van der Waals surface area contributed by atoms with Gasteiger partial charge in [0, 0.05) is 28.7 Å². The summed E-state index contributed by atoms with van der Waals surface area (Å²) in [6.07, 6.45) is 4.49. The Hall–Kier alpha value is -2.34. The molecular formula is C18H20N2O3S. The summed E-state index contributed by atoms with van der Waals surface area (Å²) >= 11 is 1.33. The maximum absolute atomic E-state index is 12.2. The molecule has 1 aromatic carbocycles. The third-order valence-corrected chi connectivity index (χ3v) is 5.04. The van der Waals surface area contributed by atoms with Crippen LogP contribution < -0.4 is 15.4 Å². The van der Waals surface area contributed by atoms with Crippen molar-refractivity contribution >= 4 is 28.8 Å². The van der Waals surface area contributed by atoms with Crippen molar-refractivity contribution < 1.29 is 14.3 Å². The molecule has 0 aliphatic heterocycles. The number of carbonyl (C=O) groups is 2. The fraction of sp³-hybridized carbons (Fsp3) is 0.333. The van der Waals surface area contributed by atoms with E-state index in [1.54, 1.807) is 42.8 Å². The number of amides is 2. The van der Waals surface area contributed by atoms with E-state index in [0.29, 0.717) is 27.9 Å². The Balaban J connectivity index is 1.59. The number of anilines is 1. The Morgan fingerprint density at radius 1 is 1.12 bits per heavy atom. The van der Waals surface area contributed by atoms with Crippen molar-refractivity contribution in [2.75, 3.05) is 12.4 Å². The predicted molar refractivity (Wildman–Crippen MR) is 95.0 cm³/mol. The predicted octanol–water partition coefficient (Wildman–Crippen LogP) is 3.68. The number of benzene rings is 1. The zero-order valence-electron chi connectivity index (χ0n) is 13.5. The van der Waals surface area contributed by atoms with E-state index in [1.807, 2.05) is 0 Å². The number of rotatable bonds is 5. The molecule has 1 aromatic heterocycles. The molecule has 0 unspecified atom stereocenters. The Kier molecular flexibility index (Phi) is 5.15. The lowest BCUT2D eigenvalue weighted by molar-refractivity contribution is 0.0937. The van der Waals surface area contributed by atoms with Crippen molar-refractivity contribution in [3.63, 3.8) is 0 Å². The van der Waals surface area contributed by atoms with E-state index >= 15 is 0 Å². The summed E-state index contributed by atoms with van der Waals surface area (Å²) < 4.78 is 5.08. The van der Waals surface area contributed by atoms with E-state index in [0.717, 1.165) is 12.8 Å². The van der Waals surface area contributed by atoms with E-state index in [2.05, 4.69) is 10.6 Å². The van der Waals surface area contributed by atoms with Crippen molar-refractivity contribution in [2.45, 2.75) is 31.7 Å². The standard InChI is InChI=1S/C18H20N2O3S/c1-23-15-10-16(24-11-15)18(22)20-14-8-6-12(7-9-14)17(21)19-13-4-2-3-5-13/h6-11,13H,2-5H2,1H3,(H,19,21)(H,20,22). The molecule has 1 aliphatic carbocycles. The van der Waals surface area contributed by atoms with Crippen LogP contribution in [0.4, 0.5) is 5.69 Å². The number of hydrogen-bond acceptors (Lipinski definition) is 4. The van der Waals surface area contributed by atoms with Crippen molar-refractivity contribution in [3.05, 3.63) is 46.2 Å². The monoisotopic (exact) mass is 344 g/mol. The van der Waals surface area contributed by atoms with E-state index in [1.165, 1.54) is 24.2 Å². The van der Waals surface area contributed by atoms with Crippen LogP contribution in [-0.2, 0) is 0 Å². The van der Waals surface area contributed by atoms with Crippen LogP contribution in [0.15, 0.2) is 35.7 Å². The minimum absolute atomic E-state index is 0.0530. The minimum atomic E-state index is -0.188. The highest BCUT2D eigenvalue weighted by Gasteiger charge is 2.18. The molecule has 1 heterocycles. The minimum Gasteiger partial charge on any atom is -0.496 e. The molecule has 0 saturated heterocycles. The normalized spacial score (nSPS) is 14.4. The average molecular weight is 344 g/mol. The SMILES string of the molecule is COc1csc(C(=O)Nc2ccc(C(=O)NC3CCCC3)cc2)c1. The molecule has 0 bridgehead atoms. The molecule has 5 nitrogen and oxygen atoms in total. The smallest absolute Gasteiger partial charge is 0.265 e. The number of methoxy groups -OCH3 is 1. The molecular weight excluding hydrogens is 324 g/mol. The van der Waals surface area contributed by atoms with Gasteiger partial charge in [0.15, 0.2) is 0 Å². The third-order valence-electron chi connectivity index (χ3n) is 4.13. The summed E-state index contributed by atoms with van der Waals surface area (Å²) in [5, 5.41) is 7.65. The van der Waals surface area contributed by atoms with Gasteiger partial charge in [-0.05, 0) is 37.1 Å². The summed E-state index contributed by atoms with van der Waals surface area (Å²) in [4.78, 5) is 24.9. The molecule has 1 saturated carbocycles. The van der Waals surface area contributed by atoms with Crippen molar-refractivity contribution in [2.24, 2.45) is 0 Å². The van der Waals surface area contributed by atoms with Gasteiger partial charge in [0.05, 0.1) is 12.0 Å². The van der Waals surface area contributed by atoms with Gasteiger partial charge < -0.3 is 15.4 Å². The molecule has 6 heteroatoms. The lowest BCUT2D eigenvalue weighted by Crippen LogP contribution is -2.32. The lowest BCUT2D eigenvalue weighted by atomic mass is 10.1. The van der Waals surface area contributed by atoms with Gasteiger partial charge in [-0.2, -0.15) is 0 Å². The summed E-state index contributed by atoms with van der Waals surface area (Å²) in [6.45, 7) is 0. The number of hydrogen-bond donors (Lipinski definition) is 2. The highest BCUT2D eigenvalue weighted by atomic mass is 32.1. The van der Waals surface area contributed by atoms with Crippen LogP contribution in [0.2, 0.25) is 0 Å². The van der Waals surface area contributed by atoms with Crippen LogP contribution in [0.3, 0.4) is 0 Å². The van der Waals surface area contributed by atoms with Gasteiger partial charge >= 0.3 is 0 Å². The molecule has 126 valence electrons. The largest absolute Gasteiger partial charge is 0.496 e. The van der Waals surface area contributed by atoms with Crippen LogP contribution in [0.1, 0.15) is 45.7 Å². The molecule has 0 atom stereocenters. The zero-order chi connectivity index (χ0) is 16.9. The maximum Gasteiger partial charge on any atom is 0.265 e. The average Bonchev–Trinajstić information content (AvgIpc) is 3.26. The molecule has 0 radical (unpaired) electrons. The molecule has 2 aromatic rings. The molecule has 1 fully saturated rings. The van der Waals surface area contributed by atoms with Gasteiger partial charge in [-0.3, -0.25) is 9.59 Å². The Bertz CT molecular complexity index is 718. The first kappa shape index (κ1) is 16.5. The number of nitrogens with one attached hydrogen (secondary N) is 2. The van der Waals surface area contributed by atoms with Gasteiger partial charge in [-0.25, -0.2) is 0 Å². The van der Waals surface area contributed by atoms with Crippen LogP contribution in [0.25, 0.3) is 0 Å². The molecule has 2 amide bonds. The fourth-order valence-electron chi connectivity index (χ4n) is 2.78. The van der Waals surface area contributed by atoms with Crippen LogP contribution >= 0.6 is 11.3 Å². The van der Waals surface area contributed by atoms with Gasteiger partial charge in [-0.1, -0.05) is 12.8 Å². The number of carbonyl (C=O) groups excluding carboxylic acids is 2. The molecule has 0 spiro atoms. The quantitative estimate of drug-likeness (QED) is 0.869. The Morgan fingerprint density at radius 2 is 1.83 bits per heavy atom. The van der Waals surface area contributed by atoms with Crippen LogP contribution in [0.5, 0.6) is 5.75 Å². The van der Waals surface area contributed by atoms with Gasteiger partial charge in [-0.15, -0.1) is 11.3 Å². The second-order valence-corrected chi connectivity index (χ2v) is 6.75. The van der Waals surface area contributed by atoms with Gasteiger partial charge in [0.25, 0.3) is 11.8 Å². The Morgan fingerprint density at radius 3 is 2.46 bits per heavy atom. The first-order valence-electron chi connectivity index (χ1n) is 8.00. The summed E-state index contributed by atoms with van der Waals surface area (Å²) in [6, 6.07) is 8.94. The maximum atomic E-state index is 12.2. The van der Waals surface area contributed by atoms with E-state index in [9.17, 15) is 9.59 Å². The summed E-state index contributed by atoms with van der Waals surface area (Å²) in [5.41, 5.74) is 1.27. The van der Waals surface area contributed by atoms with E-state index < -0.39 is 0 Å². The summed E-state index contributed by atoms with van der Waals surface area (Å²) in [7, 11) is 1.57. The molecule has 24 heavy (non-hydrogen) atoms. The first-order chi connectivity index (χ1) is 11.7. The highest BCUT2D eigenvalue weighted by Crippen LogP contribution is 2.22. The highest BCUT2D eigenvalue weighted by molar-refractivity contribution is 7.12. The third kappa shape index (κ3) is 3.94. The number of ether oxygens (including phenoxy) is 1. The Labute approximate surface area is 145 Å². The van der Waals surface area contributed by atoms with Crippen molar-refractivity contribution in [3.8, 4) is 5.75 Å².